The lowest BCUT2D eigenvalue weighted by molar-refractivity contribution is -0.147. The van der Waals surface area contributed by atoms with Crippen LogP contribution in [0, 0.1) is 0 Å². The second kappa shape index (κ2) is 6.93. The highest BCUT2D eigenvalue weighted by Crippen LogP contribution is 2.21. The molecule has 0 aromatic heterocycles. The third kappa shape index (κ3) is 4.26. The van der Waals surface area contributed by atoms with Gasteiger partial charge in [-0.3, -0.25) is 9.59 Å². The van der Waals surface area contributed by atoms with Gasteiger partial charge in [-0.05, 0) is 37.8 Å². The smallest absolute Gasteiger partial charge is 0.325 e. The summed E-state index contributed by atoms with van der Waals surface area (Å²) < 4.78 is 5.37. The molecule has 5 nitrogen and oxygen atoms in total. The molecule has 0 spiro atoms. The van der Waals surface area contributed by atoms with Crippen molar-refractivity contribution in [3.05, 3.63) is 30.3 Å². The van der Waals surface area contributed by atoms with Crippen LogP contribution in [0.15, 0.2) is 30.3 Å². The zero-order valence-electron chi connectivity index (χ0n) is 11.3. The van der Waals surface area contributed by atoms with Crippen molar-refractivity contribution in [3.63, 3.8) is 0 Å². The Hall–Kier alpha value is -2.04. The molecule has 0 unspecified atom stereocenters. The Morgan fingerprint density at radius 1 is 1.15 bits per heavy atom. The summed E-state index contributed by atoms with van der Waals surface area (Å²) in [7, 11) is 0. The second-order valence-electron chi connectivity index (χ2n) is 4.98. The predicted molar refractivity (Wildman–Crippen MR) is 74.6 cm³/mol. The Morgan fingerprint density at radius 2 is 1.80 bits per heavy atom. The fourth-order valence-corrected chi connectivity index (χ4v) is 2.43. The number of hydrogen-bond acceptors (Lipinski definition) is 4. The molecule has 1 aromatic rings. The first-order chi connectivity index (χ1) is 9.65. The molecule has 2 rings (SSSR count). The highest BCUT2D eigenvalue weighted by Gasteiger charge is 2.21. The van der Waals surface area contributed by atoms with E-state index in [-0.39, 0.29) is 25.2 Å². The van der Waals surface area contributed by atoms with Gasteiger partial charge in [0, 0.05) is 5.69 Å². The van der Waals surface area contributed by atoms with Crippen LogP contribution in [0.4, 0.5) is 5.69 Å². The van der Waals surface area contributed by atoms with E-state index in [0.29, 0.717) is 5.69 Å². The van der Waals surface area contributed by atoms with Crippen molar-refractivity contribution in [1.82, 2.24) is 0 Å². The second-order valence-corrected chi connectivity index (χ2v) is 4.98. The highest BCUT2D eigenvalue weighted by atomic mass is 16.5. The topological polar surface area (TPSA) is 66.8 Å². The lowest BCUT2D eigenvalue weighted by atomic mass is 10.3. The van der Waals surface area contributed by atoms with Crippen LogP contribution in [0.1, 0.15) is 25.7 Å². The van der Waals surface area contributed by atoms with E-state index in [4.69, 9.17) is 9.84 Å². The van der Waals surface area contributed by atoms with Gasteiger partial charge in [-0.1, -0.05) is 18.2 Å². The van der Waals surface area contributed by atoms with Crippen LogP contribution >= 0.6 is 0 Å². The minimum atomic E-state index is -0.970. The summed E-state index contributed by atoms with van der Waals surface area (Å²) in [6, 6.07) is 9.04. The molecule has 1 aromatic carbocycles. The maximum absolute atomic E-state index is 11.9. The molecule has 0 aliphatic heterocycles. The molecule has 1 saturated carbocycles. The molecular weight excluding hydrogens is 258 g/mol. The van der Waals surface area contributed by atoms with E-state index in [2.05, 4.69) is 0 Å². The minimum absolute atomic E-state index is 0.00458. The summed E-state index contributed by atoms with van der Waals surface area (Å²) in [6.07, 6.45) is 4.02. The molecule has 0 bridgehead atoms. The number of rotatable bonds is 6. The first-order valence-electron chi connectivity index (χ1n) is 6.86. The van der Waals surface area contributed by atoms with Crippen LogP contribution < -0.4 is 4.90 Å². The number of para-hydroxylation sites is 1. The summed E-state index contributed by atoms with van der Waals surface area (Å²) in [6.45, 7) is -0.253. The number of carbonyl (C=O) groups is 2. The Kier molecular flexibility index (Phi) is 4.98. The molecule has 1 aliphatic carbocycles. The fraction of sp³-hybridized carbons (Fsp3) is 0.467. The molecule has 1 fully saturated rings. The zero-order valence-corrected chi connectivity index (χ0v) is 11.3. The molecule has 0 heterocycles. The van der Waals surface area contributed by atoms with Crippen molar-refractivity contribution < 1.29 is 19.4 Å². The summed E-state index contributed by atoms with van der Waals surface area (Å²) in [5.41, 5.74) is 0.707. The number of carbonyl (C=O) groups excluding carboxylic acids is 1. The lowest BCUT2D eigenvalue weighted by Crippen LogP contribution is -2.36. The number of nitrogens with zero attached hydrogens (tertiary/aromatic N) is 1. The van der Waals surface area contributed by atoms with Gasteiger partial charge in [0.2, 0.25) is 0 Å². The third-order valence-electron chi connectivity index (χ3n) is 3.37. The highest BCUT2D eigenvalue weighted by molar-refractivity contribution is 5.80. The molecule has 0 atom stereocenters. The van der Waals surface area contributed by atoms with E-state index in [1.807, 2.05) is 18.2 Å². The third-order valence-corrected chi connectivity index (χ3v) is 3.37. The lowest BCUT2D eigenvalue weighted by Gasteiger charge is -2.22. The zero-order chi connectivity index (χ0) is 14.4. The monoisotopic (exact) mass is 277 g/mol. The van der Waals surface area contributed by atoms with Crippen molar-refractivity contribution in [2.75, 3.05) is 18.0 Å². The first-order valence-corrected chi connectivity index (χ1v) is 6.86. The Bertz CT molecular complexity index is 454. The number of ether oxygens (including phenoxy) is 1. The Labute approximate surface area is 118 Å². The Balaban J connectivity index is 1.96. The van der Waals surface area contributed by atoms with E-state index in [1.54, 1.807) is 12.1 Å². The SMILES string of the molecule is O=C(O)CN(CC(=O)OC1CCCC1)c1ccccc1. The van der Waals surface area contributed by atoms with Gasteiger partial charge in [0.05, 0.1) is 0 Å². The van der Waals surface area contributed by atoms with Crippen molar-refractivity contribution >= 4 is 17.6 Å². The number of benzene rings is 1. The van der Waals surface area contributed by atoms with Gasteiger partial charge < -0.3 is 14.7 Å². The van der Waals surface area contributed by atoms with Crippen molar-refractivity contribution in [3.8, 4) is 0 Å². The molecular formula is C15H19NO4. The number of hydrogen-bond donors (Lipinski definition) is 1. The van der Waals surface area contributed by atoms with Gasteiger partial charge >= 0.3 is 11.9 Å². The average molecular weight is 277 g/mol. The number of carboxylic acid groups (broad SMARTS) is 1. The van der Waals surface area contributed by atoms with Gasteiger partial charge in [-0.15, -0.1) is 0 Å². The number of carboxylic acids is 1. The van der Waals surface area contributed by atoms with E-state index < -0.39 is 5.97 Å². The van der Waals surface area contributed by atoms with E-state index in [0.717, 1.165) is 25.7 Å². The largest absolute Gasteiger partial charge is 0.480 e. The molecule has 0 radical (unpaired) electrons. The normalized spacial score (nSPS) is 15.0. The summed E-state index contributed by atoms with van der Waals surface area (Å²) in [4.78, 5) is 24.3. The molecule has 1 aliphatic rings. The number of anilines is 1. The maximum Gasteiger partial charge on any atom is 0.325 e. The maximum atomic E-state index is 11.9. The minimum Gasteiger partial charge on any atom is -0.480 e. The van der Waals surface area contributed by atoms with Gasteiger partial charge in [0.15, 0.2) is 0 Å². The van der Waals surface area contributed by atoms with Crippen molar-refractivity contribution in [2.24, 2.45) is 0 Å². The molecule has 0 saturated heterocycles. The van der Waals surface area contributed by atoms with E-state index in [9.17, 15) is 9.59 Å². The van der Waals surface area contributed by atoms with Gasteiger partial charge in [0.1, 0.15) is 19.2 Å². The number of esters is 1. The van der Waals surface area contributed by atoms with Gasteiger partial charge in [0.25, 0.3) is 0 Å². The van der Waals surface area contributed by atoms with Crippen LogP contribution in [0.3, 0.4) is 0 Å². The molecule has 1 N–H and O–H groups in total. The van der Waals surface area contributed by atoms with Gasteiger partial charge in [-0.25, -0.2) is 0 Å². The van der Waals surface area contributed by atoms with Crippen molar-refractivity contribution in [2.45, 2.75) is 31.8 Å². The Morgan fingerprint density at radius 3 is 2.40 bits per heavy atom. The van der Waals surface area contributed by atoms with Gasteiger partial charge in [-0.2, -0.15) is 0 Å². The van der Waals surface area contributed by atoms with Crippen LogP contribution in [-0.4, -0.2) is 36.2 Å². The van der Waals surface area contributed by atoms with E-state index in [1.165, 1.54) is 4.90 Å². The number of aliphatic carboxylic acids is 1. The van der Waals surface area contributed by atoms with Crippen molar-refractivity contribution in [1.29, 1.82) is 0 Å². The van der Waals surface area contributed by atoms with E-state index >= 15 is 0 Å². The average Bonchev–Trinajstić information content (AvgIpc) is 2.91. The summed E-state index contributed by atoms with van der Waals surface area (Å²) in [5, 5.41) is 8.95. The van der Waals surface area contributed by atoms with Crippen LogP contribution in [-0.2, 0) is 14.3 Å². The predicted octanol–water partition coefficient (Wildman–Crippen LogP) is 2.06. The molecule has 108 valence electrons. The van der Waals surface area contributed by atoms with Crippen LogP contribution in [0.25, 0.3) is 0 Å². The first kappa shape index (κ1) is 14.4. The molecule has 20 heavy (non-hydrogen) atoms. The summed E-state index contributed by atoms with van der Waals surface area (Å²) in [5.74, 6) is -1.33. The fourth-order valence-electron chi connectivity index (χ4n) is 2.43. The molecule has 0 amide bonds. The standard InChI is InChI=1S/C15H19NO4/c17-14(18)10-16(12-6-2-1-3-7-12)11-15(19)20-13-8-4-5-9-13/h1-3,6-7,13H,4-5,8-11H2,(H,17,18). The van der Waals surface area contributed by atoms with Crippen LogP contribution in [0.2, 0.25) is 0 Å². The van der Waals surface area contributed by atoms with Crippen LogP contribution in [0.5, 0.6) is 0 Å². The summed E-state index contributed by atoms with van der Waals surface area (Å²) >= 11 is 0. The molecule has 5 heteroatoms. The quantitative estimate of drug-likeness (QED) is 0.806.